The van der Waals surface area contributed by atoms with Gasteiger partial charge in [0.1, 0.15) is 5.69 Å². The number of aliphatic hydroxyl groups is 2. The molecule has 0 saturated heterocycles. The molecular formula is C18H22N4O4. The van der Waals surface area contributed by atoms with Gasteiger partial charge in [-0.3, -0.25) is 9.78 Å². The van der Waals surface area contributed by atoms with Gasteiger partial charge in [-0.15, -0.1) is 0 Å². The average molecular weight is 358 g/mol. The molecule has 0 aromatic carbocycles. The lowest BCUT2D eigenvalue weighted by Crippen LogP contribution is -2.41. The van der Waals surface area contributed by atoms with Gasteiger partial charge in [0.2, 0.25) is 5.88 Å². The van der Waals surface area contributed by atoms with Crippen LogP contribution in [0.1, 0.15) is 29.0 Å². The molecule has 2 aromatic rings. The number of aromatic nitrogens is 3. The molecule has 3 N–H and O–H groups in total. The summed E-state index contributed by atoms with van der Waals surface area (Å²) >= 11 is 0. The molecule has 3 rings (SSSR count). The molecule has 2 atom stereocenters. The summed E-state index contributed by atoms with van der Waals surface area (Å²) in [6.07, 6.45) is 3.26. The van der Waals surface area contributed by atoms with Crippen LogP contribution in [0.15, 0.2) is 36.8 Å². The van der Waals surface area contributed by atoms with Crippen molar-refractivity contribution >= 4 is 5.91 Å². The van der Waals surface area contributed by atoms with Gasteiger partial charge in [-0.25, -0.2) is 9.97 Å². The maximum absolute atomic E-state index is 12.2. The van der Waals surface area contributed by atoms with Crippen LogP contribution in [0.25, 0.3) is 0 Å². The van der Waals surface area contributed by atoms with E-state index in [0.29, 0.717) is 18.7 Å². The zero-order chi connectivity index (χ0) is 18.6. The molecule has 2 aromatic heterocycles. The third kappa shape index (κ3) is 4.33. The number of aliphatic hydroxyl groups excluding tert-OH is 2. The summed E-state index contributed by atoms with van der Waals surface area (Å²) in [7, 11) is 0. The van der Waals surface area contributed by atoms with Crippen LogP contribution < -0.4 is 10.1 Å². The third-order valence-electron chi connectivity index (χ3n) is 4.54. The Bertz CT molecular complexity index is 746. The van der Waals surface area contributed by atoms with Crippen molar-refractivity contribution in [3.63, 3.8) is 0 Å². The van der Waals surface area contributed by atoms with Crippen LogP contribution in [0.4, 0.5) is 0 Å². The van der Waals surface area contributed by atoms with Crippen LogP contribution in [-0.2, 0) is 0 Å². The highest BCUT2D eigenvalue weighted by molar-refractivity contribution is 5.91. The van der Waals surface area contributed by atoms with Crippen molar-refractivity contribution in [1.82, 2.24) is 20.3 Å². The van der Waals surface area contributed by atoms with E-state index in [9.17, 15) is 15.0 Å². The van der Waals surface area contributed by atoms with Crippen LogP contribution in [-0.4, -0.2) is 56.4 Å². The number of carbonyl (C=O) groups excluding carboxylic acids is 1. The van der Waals surface area contributed by atoms with E-state index in [4.69, 9.17) is 4.74 Å². The molecule has 1 amide bonds. The molecule has 8 nitrogen and oxygen atoms in total. The molecule has 1 aliphatic rings. The molecule has 2 unspecified atom stereocenters. The third-order valence-corrected chi connectivity index (χ3v) is 4.54. The Hall–Kier alpha value is -2.58. The van der Waals surface area contributed by atoms with Crippen molar-refractivity contribution in [2.45, 2.75) is 32.0 Å². The Balaban J connectivity index is 1.67. The average Bonchev–Trinajstić information content (AvgIpc) is 2.93. The number of nitrogens with zero attached hydrogens (tertiary/aromatic N) is 3. The van der Waals surface area contributed by atoms with E-state index >= 15 is 0 Å². The Morgan fingerprint density at radius 2 is 2.08 bits per heavy atom. The van der Waals surface area contributed by atoms with Gasteiger partial charge in [0.05, 0.1) is 25.0 Å². The fourth-order valence-electron chi connectivity index (χ4n) is 3.16. The number of hydrogen-bond donors (Lipinski definition) is 3. The van der Waals surface area contributed by atoms with Gasteiger partial charge in [0, 0.05) is 36.1 Å². The second kappa shape index (κ2) is 7.76. The van der Waals surface area contributed by atoms with Crippen molar-refractivity contribution in [3.05, 3.63) is 48.2 Å². The van der Waals surface area contributed by atoms with E-state index in [-0.39, 0.29) is 24.8 Å². The highest BCUT2D eigenvalue weighted by Crippen LogP contribution is 2.38. The zero-order valence-corrected chi connectivity index (χ0v) is 14.5. The van der Waals surface area contributed by atoms with Gasteiger partial charge in [0.15, 0.2) is 0 Å². The molecule has 1 aliphatic carbocycles. The van der Waals surface area contributed by atoms with Gasteiger partial charge in [-0.2, -0.15) is 0 Å². The number of carbonyl (C=O) groups is 1. The number of hydrogen-bond acceptors (Lipinski definition) is 7. The second-order valence-corrected chi connectivity index (χ2v) is 6.72. The predicted molar refractivity (Wildman–Crippen MR) is 92.5 cm³/mol. The summed E-state index contributed by atoms with van der Waals surface area (Å²) in [6, 6.07) is 5.46. The van der Waals surface area contributed by atoms with E-state index in [1.54, 1.807) is 6.07 Å². The van der Waals surface area contributed by atoms with Gasteiger partial charge in [-0.1, -0.05) is 6.07 Å². The monoisotopic (exact) mass is 358 g/mol. The molecule has 0 spiro atoms. The van der Waals surface area contributed by atoms with Gasteiger partial charge in [0.25, 0.3) is 5.91 Å². The molecular weight excluding hydrogens is 336 g/mol. The van der Waals surface area contributed by atoms with E-state index < -0.39 is 17.6 Å². The Kier molecular flexibility index (Phi) is 5.43. The predicted octanol–water partition coefficient (Wildman–Crippen LogP) is 0.491. The van der Waals surface area contributed by atoms with Crippen LogP contribution in [0, 0.1) is 12.3 Å². The molecule has 1 saturated carbocycles. The maximum Gasteiger partial charge on any atom is 0.271 e. The number of amides is 1. The van der Waals surface area contributed by atoms with Crippen LogP contribution in [0.2, 0.25) is 0 Å². The van der Waals surface area contributed by atoms with Gasteiger partial charge < -0.3 is 20.3 Å². The first-order valence-corrected chi connectivity index (χ1v) is 8.44. The van der Waals surface area contributed by atoms with Crippen molar-refractivity contribution in [1.29, 1.82) is 0 Å². The minimum atomic E-state index is -0.850. The number of ether oxygens (including phenoxy) is 1. The second-order valence-electron chi connectivity index (χ2n) is 6.72. The summed E-state index contributed by atoms with van der Waals surface area (Å²) in [5.74, 6) is 0.113. The molecule has 0 aliphatic heterocycles. The van der Waals surface area contributed by atoms with Crippen molar-refractivity contribution < 1.29 is 19.7 Å². The summed E-state index contributed by atoms with van der Waals surface area (Å²) < 4.78 is 5.80. The number of nitrogens with one attached hydrogen (secondary N) is 1. The summed E-state index contributed by atoms with van der Waals surface area (Å²) in [4.78, 5) is 24.4. The van der Waals surface area contributed by atoms with E-state index in [1.165, 1.54) is 18.6 Å². The highest BCUT2D eigenvalue weighted by atomic mass is 16.5. The topological polar surface area (TPSA) is 117 Å². The SMILES string of the molecule is Cc1cccc(OCC2(CNC(=O)c3cnccn3)CC(O)C(O)C2)n1. The molecule has 138 valence electrons. The number of rotatable bonds is 6. The molecule has 1 fully saturated rings. The first-order chi connectivity index (χ1) is 12.5. The van der Waals surface area contributed by atoms with Gasteiger partial charge in [-0.05, 0) is 25.8 Å². The number of pyridine rings is 1. The molecule has 26 heavy (non-hydrogen) atoms. The van der Waals surface area contributed by atoms with E-state index in [2.05, 4.69) is 20.3 Å². The minimum Gasteiger partial charge on any atom is -0.477 e. The lowest BCUT2D eigenvalue weighted by Gasteiger charge is -2.29. The zero-order valence-electron chi connectivity index (χ0n) is 14.5. The van der Waals surface area contributed by atoms with Crippen molar-refractivity contribution in [2.75, 3.05) is 13.2 Å². The summed E-state index contributed by atoms with van der Waals surface area (Å²) in [5, 5.41) is 22.8. The maximum atomic E-state index is 12.2. The largest absolute Gasteiger partial charge is 0.477 e. The molecule has 0 radical (unpaired) electrons. The highest BCUT2D eigenvalue weighted by Gasteiger charge is 2.45. The van der Waals surface area contributed by atoms with Crippen molar-refractivity contribution in [3.8, 4) is 5.88 Å². The summed E-state index contributed by atoms with van der Waals surface area (Å²) in [5.41, 5.74) is 0.448. The van der Waals surface area contributed by atoms with Gasteiger partial charge >= 0.3 is 0 Å². The summed E-state index contributed by atoms with van der Waals surface area (Å²) in [6.45, 7) is 2.33. The fraction of sp³-hybridized carbons (Fsp3) is 0.444. The lowest BCUT2D eigenvalue weighted by atomic mass is 9.86. The minimum absolute atomic E-state index is 0.211. The van der Waals surface area contributed by atoms with E-state index in [0.717, 1.165) is 5.69 Å². The Morgan fingerprint density at radius 3 is 2.73 bits per heavy atom. The molecule has 8 heteroatoms. The quantitative estimate of drug-likeness (QED) is 0.688. The Labute approximate surface area is 151 Å². The van der Waals surface area contributed by atoms with Crippen LogP contribution in [0.3, 0.4) is 0 Å². The first kappa shape index (κ1) is 18.2. The van der Waals surface area contributed by atoms with E-state index in [1.807, 2.05) is 19.1 Å². The molecule has 0 bridgehead atoms. The van der Waals surface area contributed by atoms with Crippen LogP contribution in [0.5, 0.6) is 5.88 Å². The number of aryl methyl sites for hydroxylation is 1. The van der Waals surface area contributed by atoms with Crippen LogP contribution >= 0.6 is 0 Å². The first-order valence-electron chi connectivity index (χ1n) is 8.44. The normalized spacial score (nSPS) is 25.0. The lowest BCUT2D eigenvalue weighted by molar-refractivity contribution is 0.0438. The molecule has 2 heterocycles. The fourth-order valence-corrected chi connectivity index (χ4v) is 3.16. The van der Waals surface area contributed by atoms with Crippen molar-refractivity contribution in [2.24, 2.45) is 5.41 Å². The Morgan fingerprint density at radius 1 is 1.31 bits per heavy atom. The smallest absolute Gasteiger partial charge is 0.271 e. The standard InChI is InChI=1S/C18H22N4O4/c1-12-3-2-4-16(22-12)26-11-18(7-14(23)15(24)8-18)10-21-17(25)13-9-19-5-6-20-13/h2-6,9,14-15,23-24H,7-8,10-11H2,1H3,(H,21,25).